The van der Waals surface area contributed by atoms with Crippen LogP contribution < -0.4 is 10.6 Å². The lowest BCUT2D eigenvalue weighted by Crippen LogP contribution is -2.23. The number of anilines is 1. The molecule has 0 radical (unpaired) electrons. The number of aromatic nitrogens is 2. The van der Waals surface area contributed by atoms with Gasteiger partial charge in [0.25, 0.3) is 5.91 Å². The molecule has 2 amide bonds. The fraction of sp³-hybridized carbons (Fsp3) is 0.120. The fourth-order valence-corrected chi connectivity index (χ4v) is 3.42. The molecule has 0 aliphatic heterocycles. The maximum Gasteiger partial charge on any atom is 0.255 e. The van der Waals surface area contributed by atoms with Gasteiger partial charge in [0.05, 0.1) is 11.2 Å². The van der Waals surface area contributed by atoms with E-state index in [1.54, 1.807) is 42.9 Å². The molecule has 0 fully saturated rings. The first-order valence-electron chi connectivity index (χ1n) is 10.3. The summed E-state index contributed by atoms with van der Waals surface area (Å²) in [5, 5.41) is 6.30. The zero-order chi connectivity index (χ0) is 23.0. The first-order valence-corrected chi connectivity index (χ1v) is 10.7. The van der Waals surface area contributed by atoms with Gasteiger partial charge in [-0.2, -0.15) is 0 Å². The summed E-state index contributed by atoms with van der Waals surface area (Å²) in [5.74, 6) is 0.696. The van der Waals surface area contributed by atoms with Crippen molar-refractivity contribution in [3.8, 4) is 11.3 Å². The molecule has 2 aromatic carbocycles. The Morgan fingerprint density at radius 1 is 1.00 bits per heavy atom. The molecule has 2 heterocycles. The molecule has 166 valence electrons. The number of rotatable bonds is 8. The van der Waals surface area contributed by atoms with E-state index in [1.807, 2.05) is 36.4 Å². The monoisotopic (exact) mass is 460 g/mol. The Hall–Kier alpha value is -3.97. The van der Waals surface area contributed by atoms with Crippen molar-refractivity contribution in [2.75, 3.05) is 5.32 Å². The summed E-state index contributed by atoms with van der Waals surface area (Å²) < 4.78 is 5.73. The van der Waals surface area contributed by atoms with E-state index in [0.29, 0.717) is 40.9 Å². The Morgan fingerprint density at radius 2 is 1.82 bits per heavy atom. The number of hydrogen-bond acceptors (Lipinski definition) is 5. The number of pyridine rings is 1. The molecule has 2 aromatic heterocycles. The molecule has 0 spiro atoms. The van der Waals surface area contributed by atoms with Crippen LogP contribution in [0.2, 0.25) is 5.02 Å². The molecular weight excluding hydrogens is 440 g/mol. The molecule has 7 nitrogen and oxygen atoms in total. The third-order valence-electron chi connectivity index (χ3n) is 4.88. The number of carbonyl (C=O) groups is 2. The standard InChI is InChI=1S/C25H21ClN4O3/c26-21-7-2-1-6-20(21)22-16-29-24(33-22)9-8-23(31)28-15-17-4-3-5-19(14-17)30-25(32)18-10-12-27-13-11-18/h1-7,10-14,16H,8-9,15H2,(H,28,31)(H,30,32). The van der Waals surface area contributed by atoms with Gasteiger partial charge in [-0.15, -0.1) is 0 Å². The Labute approximate surface area is 195 Å². The van der Waals surface area contributed by atoms with Crippen molar-refractivity contribution in [2.24, 2.45) is 0 Å². The summed E-state index contributed by atoms with van der Waals surface area (Å²) in [6.07, 6.45) is 5.35. The third-order valence-corrected chi connectivity index (χ3v) is 5.21. The maximum atomic E-state index is 12.3. The highest BCUT2D eigenvalue weighted by Crippen LogP contribution is 2.28. The number of benzene rings is 2. The van der Waals surface area contributed by atoms with Gasteiger partial charge in [0.1, 0.15) is 0 Å². The van der Waals surface area contributed by atoms with Gasteiger partial charge in [0.2, 0.25) is 5.91 Å². The summed E-state index contributed by atoms with van der Waals surface area (Å²) >= 11 is 6.19. The van der Waals surface area contributed by atoms with Crippen molar-refractivity contribution in [2.45, 2.75) is 19.4 Å². The molecule has 33 heavy (non-hydrogen) atoms. The van der Waals surface area contributed by atoms with Gasteiger partial charge in [-0.25, -0.2) is 4.98 Å². The lowest BCUT2D eigenvalue weighted by molar-refractivity contribution is -0.121. The second-order valence-electron chi connectivity index (χ2n) is 7.27. The smallest absolute Gasteiger partial charge is 0.255 e. The highest BCUT2D eigenvalue weighted by Gasteiger charge is 2.11. The summed E-state index contributed by atoms with van der Waals surface area (Å²) in [4.78, 5) is 32.7. The van der Waals surface area contributed by atoms with Crippen molar-refractivity contribution in [3.05, 3.63) is 101 Å². The average Bonchev–Trinajstić information content (AvgIpc) is 3.31. The normalized spacial score (nSPS) is 10.6. The minimum absolute atomic E-state index is 0.126. The quantitative estimate of drug-likeness (QED) is 0.390. The average molecular weight is 461 g/mol. The van der Waals surface area contributed by atoms with Gasteiger partial charge in [-0.05, 0) is 42.0 Å². The van der Waals surface area contributed by atoms with Gasteiger partial charge in [0, 0.05) is 48.6 Å². The Balaban J connectivity index is 1.27. The highest BCUT2D eigenvalue weighted by molar-refractivity contribution is 6.33. The van der Waals surface area contributed by atoms with Crippen LogP contribution in [0.4, 0.5) is 5.69 Å². The predicted molar refractivity (Wildman–Crippen MR) is 126 cm³/mol. The number of amides is 2. The number of nitrogens with one attached hydrogen (secondary N) is 2. The Bertz CT molecular complexity index is 1260. The lowest BCUT2D eigenvalue weighted by Gasteiger charge is -2.09. The Morgan fingerprint density at radius 3 is 2.64 bits per heavy atom. The zero-order valence-corrected chi connectivity index (χ0v) is 18.4. The topological polar surface area (TPSA) is 97.1 Å². The highest BCUT2D eigenvalue weighted by atomic mass is 35.5. The first kappa shape index (κ1) is 22.2. The molecule has 4 rings (SSSR count). The SMILES string of the molecule is O=C(CCc1ncc(-c2ccccc2Cl)o1)NCc1cccc(NC(=O)c2ccncc2)c1. The molecule has 0 saturated carbocycles. The van der Waals surface area contributed by atoms with Crippen LogP contribution in [0.15, 0.2) is 83.7 Å². The van der Waals surface area contributed by atoms with E-state index in [-0.39, 0.29) is 18.2 Å². The number of aryl methyl sites for hydroxylation is 1. The molecule has 0 aliphatic carbocycles. The van der Waals surface area contributed by atoms with Crippen molar-refractivity contribution in [3.63, 3.8) is 0 Å². The summed E-state index contributed by atoms with van der Waals surface area (Å²) in [6.45, 7) is 0.342. The van der Waals surface area contributed by atoms with E-state index in [4.69, 9.17) is 16.0 Å². The number of carbonyl (C=O) groups excluding carboxylic acids is 2. The Kier molecular flexibility index (Phi) is 7.12. The molecule has 0 bridgehead atoms. The number of oxazole rings is 1. The van der Waals surface area contributed by atoms with E-state index >= 15 is 0 Å². The molecular formula is C25H21ClN4O3. The maximum absolute atomic E-state index is 12.3. The van der Waals surface area contributed by atoms with Gasteiger partial charge < -0.3 is 15.1 Å². The first-order chi connectivity index (χ1) is 16.1. The van der Waals surface area contributed by atoms with E-state index in [9.17, 15) is 9.59 Å². The molecule has 0 saturated heterocycles. The minimum Gasteiger partial charge on any atom is -0.441 e. The van der Waals surface area contributed by atoms with Crippen LogP contribution in [0.25, 0.3) is 11.3 Å². The molecule has 0 unspecified atom stereocenters. The zero-order valence-electron chi connectivity index (χ0n) is 17.6. The van der Waals surface area contributed by atoms with Crippen LogP contribution in [-0.4, -0.2) is 21.8 Å². The summed E-state index contributed by atoms with van der Waals surface area (Å²) in [6, 6.07) is 18.0. The van der Waals surface area contributed by atoms with Crippen LogP contribution in [0.5, 0.6) is 0 Å². The number of halogens is 1. The van der Waals surface area contributed by atoms with E-state index in [0.717, 1.165) is 11.1 Å². The van der Waals surface area contributed by atoms with Crippen molar-refractivity contribution in [1.29, 1.82) is 0 Å². The molecule has 0 aliphatic rings. The molecule has 0 atom stereocenters. The van der Waals surface area contributed by atoms with Crippen LogP contribution in [0, 0.1) is 0 Å². The van der Waals surface area contributed by atoms with Crippen LogP contribution >= 0.6 is 11.6 Å². The van der Waals surface area contributed by atoms with Crippen molar-refractivity contribution in [1.82, 2.24) is 15.3 Å². The number of nitrogens with zero attached hydrogens (tertiary/aromatic N) is 2. The van der Waals surface area contributed by atoms with E-state index < -0.39 is 0 Å². The van der Waals surface area contributed by atoms with Gasteiger partial charge in [-0.3, -0.25) is 14.6 Å². The summed E-state index contributed by atoms with van der Waals surface area (Å²) in [5.41, 5.74) is 2.80. The summed E-state index contributed by atoms with van der Waals surface area (Å²) in [7, 11) is 0. The van der Waals surface area contributed by atoms with Crippen molar-refractivity contribution < 1.29 is 14.0 Å². The third kappa shape index (κ3) is 6.05. The van der Waals surface area contributed by atoms with Crippen LogP contribution in [0.3, 0.4) is 0 Å². The van der Waals surface area contributed by atoms with Crippen molar-refractivity contribution >= 4 is 29.1 Å². The minimum atomic E-state index is -0.222. The van der Waals surface area contributed by atoms with Gasteiger partial charge in [-0.1, -0.05) is 35.9 Å². The second kappa shape index (κ2) is 10.6. The van der Waals surface area contributed by atoms with Gasteiger partial charge in [0.15, 0.2) is 11.7 Å². The molecule has 8 heteroatoms. The molecule has 2 N–H and O–H groups in total. The van der Waals surface area contributed by atoms with Crippen LogP contribution in [-0.2, 0) is 17.8 Å². The van der Waals surface area contributed by atoms with E-state index in [1.165, 1.54) is 0 Å². The predicted octanol–water partition coefficient (Wildman–Crippen LogP) is 4.89. The number of hydrogen-bond donors (Lipinski definition) is 2. The van der Waals surface area contributed by atoms with Gasteiger partial charge >= 0.3 is 0 Å². The van der Waals surface area contributed by atoms with E-state index in [2.05, 4.69) is 20.6 Å². The second-order valence-corrected chi connectivity index (χ2v) is 7.67. The largest absolute Gasteiger partial charge is 0.441 e. The molecule has 4 aromatic rings. The van der Waals surface area contributed by atoms with Crippen LogP contribution in [0.1, 0.15) is 28.2 Å². The lowest BCUT2D eigenvalue weighted by atomic mass is 10.2. The fourth-order valence-electron chi connectivity index (χ4n) is 3.19.